The zero-order valence-corrected chi connectivity index (χ0v) is 6.84. The van der Waals surface area contributed by atoms with Crippen LogP contribution in [0, 0.1) is 0 Å². The van der Waals surface area contributed by atoms with E-state index in [0.717, 1.165) is 0 Å². The van der Waals surface area contributed by atoms with Gasteiger partial charge in [-0.05, 0) is 29.3 Å². The molecule has 1 rings (SSSR count). The van der Waals surface area contributed by atoms with Crippen molar-refractivity contribution in [1.82, 2.24) is 0 Å². The summed E-state index contributed by atoms with van der Waals surface area (Å²) in [5, 5.41) is 4.11. The molecule has 9 heavy (non-hydrogen) atoms. The van der Waals surface area contributed by atoms with E-state index in [1.54, 1.807) is 11.3 Å². The molecule has 0 unspecified atom stereocenters. The van der Waals surface area contributed by atoms with Gasteiger partial charge >= 0.3 is 0 Å². The maximum Gasteiger partial charge on any atom is 0.0274 e. The predicted octanol–water partition coefficient (Wildman–Crippen LogP) is 2.19. The van der Waals surface area contributed by atoms with Crippen molar-refractivity contribution >= 4 is 23.7 Å². The van der Waals surface area contributed by atoms with Crippen LogP contribution in [0.25, 0.3) is 0 Å². The van der Waals surface area contributed by atoms with E-state index in [0.29, 0.717) is 0 Å². The van der Waals surface area contributed by atoms with Crippen LogP contribution in [0.15, 0.2) is 16.8 Å². The standard InChI is InChI=1S/C6H9NS.ClH/c1-5(7)6-2-3-8-4-6;/h2-5H,7H2,1H3;1H/t5-;/m1./s1. The van der Waals surface area contributed by atoms with E-state index in [-0.39, 0.29) is 18.4 Å². The molecule has 0 aliphatic heterocycles. The van der Waals surface area contributed by atoms with E-state index in [9.17, 15) is 0 Å². The van der Waals surface area contributed by atoms with Crippen LogP contribution < -0.4 is 5.73 Å². The van der Waals surface area contributed by atoms with Crippen molar-refractivity contribution in [1.29, 1.82) is 0 Å². The SMILES string of the molecule is C[C@@H](N)c1ccsc1.Cl. The molecule has 0 saturated heterocycles. The lowest BCUT2D eigenvalue weighted by Gasteiger charge is -1.97. The van der Waals surface area contributed by atoms with Crippen molar-refractivity contribution in [2.24, 2.45) is 5.73 Å². The molecule has 3 heteroatoms. The van der Waals surface area contributed by atoms with Gasteiger partial charge in [0.05, 0.1) is 0 Å². The molecule has 1 heterocycles. The third-order valence-electron chi connectivity index (χ3n) is 1.07. The molecule has 0 amide bonds. The van der Waals surface area contributed by atoms with E-state index in [2.05, 4.69) is 11.4 Å². The van der Waals surface area contributed by atoms with Crippen molar-refractivity contribution in [2.45, 2.75) is 13.0 Å². The number of nitrogens with two attached hydrogens (primary N) is 1. The van der Waals surface area contributed by atoms with Gasteiger partial charge in [0, 0.05) is 6.04 Å². The highest BCUT2D eigenvalue weighted by Gasteiger charge is 1.95. The maximum absolute atomic E-state index is 5.56. The Bertz CT molecular complexity index is 148. The molecule has 0 aliphatic carbocycles. The second-order valence-corrected chi connectivity index (χ2v) is 2.63. The summed E-state index contributed by atoms with van der Waals surface area (Å²) < 4.78 is 0. The van der Waals surface area contributed by atoms with Crippen molar-refractivity contribution in [2.75, 3.05) is 0 Å². The number of hydrogen-bond acceptors (Lipinski definition) is 2. The summed E-state index contributed by atoms with van der Waals surface area (Å²) in [6, 6.07) is 2.25. The Labute approximate surface area is 65.3 Å². The summed E-state index contributed by atoms with van der Waals surface area (Å²) in [4.78, 5) is 0. The van der Waals surface area contributed by atoms with E-state index >= 15 is 0 Å². The second-order valence-electron chi connectivity index (χ2n) is 1.85. The van der Waals surface area contributed by atoms with Crippen molar-refractivity contribution in [3.05, 3.63) is 22.4 Å². The van der Waals surface area contributed by atoms with Gasteiger partial charge in [0.2, 0.25) is 0 Å². The topological polar surface area (TPSA) is 26.0 Å². The number of thiophene rings is 1. The molecule has 0 aromatic carbocycles. The molecule has 0 spiro atoms. The quantitative estimate of drug-likeness (QED) is 0.675. The molecule has 2 N–H and O–H groups in total. The Morgan fingerprint density at radius 3 is 2.56 bits per heavy atom. The Hall–Kier alpha value is -0.0500. The highest BCUT2D eigenvalue weighted by atomic mass is 35.5. The number of rotatable bonds is 1. The minimum atomic E-state index is 0. The summed E-state index contributed by atoms with van der Waals surface area (Å²) in [5.74, 6) is 0. The van der Waals surface area contributed by atoms with Gasteiger partial charge in [-0.25, -0.2) is 0 Å². The zero-order chi connectivity index (χ0) is 5.98. The maximum atomic E-state index is 5.56. The highest BCUT2D eigenvalue weighted by Crippen LogP contribution is 2.12. The van der Waals surface area contributed by atoms with Gasteiger partial charge in [-0.3, -0.25) is 0 Å². The minimum Gasteiger partial charge on any atom is -0.324 e. The minimum absolute atomic E-state index is 0. The van der Waals surface area contributed by atoms with Crippen LogP contribution in [-0.4, -0.2) is 0 Å². The fourth-order valence-electron chi connectivity index (χ4n) is 0.534. The first-order valence-electron chi connectivity index (χ1n) is 2.58. The molecular weight excluding hydrogens is 154 g/mol. The third-order valence-corrected chi connectivity index (χ3v) is 1.77. The molecule has 0 saturated carbocycles. The predicted molar refractivity (Wildman–Crippen MR) is 44.2 cm³/mol. The van der Waals surface area contributed by atoms with Crippen LogP contribution in [0.5, 0.6) is 0 Å². The van der Waals surface area contributed by atoms with Crippen LogP contribution in [0.1, 0.15) is 18.5 Å². The average molecular weight is 164 g/mol. The monoisotopic (exact) mass is 163 g/mol. The van der Waals surface area contributed by atoms with Gasteiger partial charge in [-0.1, -0.05) is 0 Å². The van der Waals surface area contributed by atoms with E-state index in [1.807, 2.05) is 12.3 Å². The van der Waals surface area contributed by atoms with Gasteiger partial charge < -0.3 is 5.73 Å². The summed E-state index contributed by atoms with van der Waals surface area (Å²) in [5.41, 5.74) is 6.80. The Morgan fingerprint density at radius 2 is 2.33 bits per heavy atom. The van der Waals surface area contributed by atoms with Crippen molar-refractivity contribution < 1.29 is 0 Å². The molecule has 1 atom stereocenters. The summed E-state index contributed by atoms with van der Waals surface area (Å²) in [6.07, 6.45) is 0. The summed E-state index contributed by atoms with van der Waals surface area (Å²) in [7, 11) is 0. The lowest BCUT2D eigenvalue weighted by molar-refractivity contribution is 0.823. The Balaban J connectivity index is 0.000000640. The molecule has 0 fully saturated rings. The van der Waals surface area contributed by atoms with Gasteiger partial charge in [0.15, 0.2) is 0 Å². The smallest absolute Gasteiger partial charge is 0.0274 e. The molecule has 0 radical (unpaired) electrons. The van der Waals surface area contributed by atoms with E-state index in [4.69, 9.17) is 5.73 Å². The van der Waals surface area contributed by atoms with E-state index in [1.165, 1.54) is 5.56 Å². The van der Waals surface area contributed by atoms with Gasteiger partial charge in [0.1, 0.15) is 0 Å². The number of hydrogen-bond donors (Lipinski definition) is 1. The fraction of sp³-hybridized carbons (Fsp3) is 0.333. The zero-order valence-electron chi connectivity index (χ0n) is 5.20. The molecule has 52 valence electrons. The van der Waals surface area contributed by atoms with Crippen LogP contribution in [0.4, 0.5) is 0 Å². The van der Waals surface area contributed by atoms with Crippen molar-refractivity contribution in [3.63, 3.8) is 0 Å². The van der Waals surface area contributed by atoms with Crippen molar-refractivity contribution in [3.8, 4) is 0 Å². The molecule has 1 aromatic rings. The van der Waals surface area contributed by atoms with Gasteiger partial charge in [-0.2, -0.15) is 11.3 Å². The summed E-state index contributed by atoms with van der Waals surface area (Å²) >= 11 is 1.69. The third kappa shape index (κ3) is 2.35. The lowest BCUT2D eigenvalue weighted by Crippen LogP contribution is -2.02. The van der Waals surface area contributed by atoms with Gasteiger partial charge in [0.25, 0.3) is 0 Å². The first-order chi connectivity index (χ1) is 3.80. The van der Waals surface area contributed by atoms with Crippen LogP contribution in [-0.2, 0) is 0 Å². The number of halogens is 1. The Kier molecular flexibility index (Phi) is 3.86. The Morgan fingerprint density at radius 1 is 1.67 bits per heavy atom. The molecule has 0 bridgehead atoms. The molecular formula is C6H10ClNS. The van der Waals surface area contributed by atoms with Crippen LogP contribution >= 0.6 is 23.7 Å². The molecule has 1 aromatic heterocycles. The fourth-order valence-corrected chi connectivity index (χ4v) is 1.30. The normalized spacial score (nSPS) is 12.2. The van der Waals surface area contributed by atoms with E-state index < -0.39 is 0 Å². The first kappa shape index (κ1) is 8.95. The molecule has 0 aliphatic rings. The first-order valence-corrected chi connectivity index (χ1v) is 3.52. The largest absolute Gasteiger partial charge is 0.324 e. The van der Waals surface area contributed by atoms with Gasteiger partial charge in [-0.15, -0.1) is 12.4 Å². The highest BCUT2D eigenvalue weighted by molar-refractivity contribution is 7.07. The molecule has 1 nitrogen and oxygen atoms in total. The van der Waals surface area contributed by atoms with Crippen LogP contribution in [0.3, 0.4) is 0 Å². The second kappa shape index (κ2) is 3.88. The summed E-state index contributed by atoms with van der Waals surface area (Å²) in [6.45, 7) is 1.99. The van der Waals surface area contributed by atoms with Crippen LogP contribution in [0.2, 0.25) is 0 Å². The average Bonchev–Trinajstić information content (AvgIpc) is 2.12. The lowest BCUT2D eigenvalue weighted by atomic mass is 10.2.